The fraction of sp³-hybridized carbons (Fsp3) is 0.647. The highest BCUT2D eigenvalue weighted by atomic mass is 19.1. The Balaban J connectivity index is 1.90. The minimum absolute atomic E-state index is 0.123. The maximum Gasteiger partial charge on any atom is 0.146 e. The lowest BCUT2D eigenvalue weighted by molar-refractivity contribution is 0.155. The van der Waals surface area contributed by atoms with Crippen LogP contribution in [0.25, 0.3) is 0 Å². The number of fused-ring (bicyclic) bond motifs is 2. The summed E-state index contributed by atoms with van der Waals surface area (Å²) in [7, 11) is 0. The second-order valence-electron chi connectivity index (χ2n) is 7.48. The third-order valence-electron chi connectivity index (χ3n) is 5.69. The number of benzene rings is 1. The van der Waals surface area contributed by atoms with Gasteiger partial charge in [0.15, 0.2) is 0 Å². The van der Waals surface area contributed by atoms with Crippen LogP contribution in [0.1, 0.15) is 45.6 Å². The van der Waals surface area contributed by atoms with Gasteiger partial charge in [-0.05, 0) is 60.6 Å². The Kier molecular flexibility index (Phi) is 2.71. The van der Waals surface area contributed by atoms with E-state index in [9.17, 15) is 4.39 Å². The Bertz CT molecular complexity index is 503. The van der Waals surface area contributed by atoms with Crippen molar-refractivity contribution in [2.24, 2.45) is 16.7 Å². The molecule has 0 aromatic heterocycles. The number of nitrogens with one attached hydrogen (secondary N) is 1. The molecule has 2 aliphatic carbocycles. The van der Waals surface area contributed by atoms with Gasteiger partial charge in [0.25, 0.3) is 0 Å². The van der Waals surface area contributed by atoms with Crippen LogP contribution in [0.3, 0.4) is 0 Å². The lowest BCUT2D eigenvalue weighted by Crippen LogP contribution is -2.45. The zero-order valence-electron chi connectivity index (χ0n) is 12.4. The van der Waals surface area contributed by atoms with Crippen molar-refractivity contribution in [3.05, 3.63) is 29.6 Å². The predicted molar refractivity (Wildman–Crippen MR) is 77.8 cm³/mol. The number of hydrogen-bond acceptors (Lipinski definition) is 1. The summed E-state index contributed by atoms with van der Waals surface area (Å²) in [6, 6.07) is 5.85. The number of anilines is 1. The van der Waals surface area contributed by atoms with Crippen LogP contribution in [0, 0.1) is 29.5 Å². The number of aryl methyl sites for hydroxylation is 1. The van der Waals surface area contributed by atoms with Crippen molar-refractivity contribution in [3.63, 3.8) is 0 Å². The van der Waals surface area contributed by atoms with Gasteiger partial charge in [0.2, 0.25) is 0 Å². The maximum absolute atomic E-state index is 14.1. The molecule has 3 atom stereocenters. The Hall–Kier alpha value is -1.05. The molecule has 0 radical (unpaired) electrons. The second kappa shape index (κ2) is 3.97. The van der Waals surface area contributed by atoms with E-state index in [2.05, 4.69) is 26.1 Å². The predicted octanol–water partition coefficient (Wildman–Crippen LogP) is 4.76. The normalized spacial score (nSPS) is 35.6. The molecule has 1 N–H and O–H groups in total. The molecule has 1 nitrogen and oxygen atoms in total. The molecular formula is C17H24FN. The fourth-order valence-corrected chi connectivity index (χ4v) is 4.55. The molecule has 19 heavy (non-hydrogen) atoms. The summed E-state index contributed by atoms with van der Waals surface area (Å²) in [5, 5.41) is 3.52. The minimum atomic E-state index is -0.123. The van der Waals surface area contributed by atoms with Crippen molar-refractivity contribution in [3.8, 4) is 0 Å². The van der Waals surface area contributed by atoms with E-state index >= 15 is 0 Å². The average molecular weight is 261 g/mol. The van der Waals surface area contributed by atoms with E-state index in [-0.39, 0.29) is 11.2 Å². The van der Waals surface area contributed by atoms with Gasteiger partial charge < -0.3 is 5.32 Å². The van der Waals surface area contributed by atoms with Crippen LogP contribution in [0.2, 0.25) is 0 Å². The summed E-state index contributed by atoms with van der Waals surface area (Å²) in [6.45, 7) is 8.97. The first kappa shape index (κ1) is 13.0. The summed E-state index contributed by atoms with van der Waals surface area (Å²) in [5.41, 5.74) is 2.22. The third-order valence-corrected chi connectivity index (χ3v) is 5.69. The van der Waals surface area contributed by atoms with Crippen molar-refractivity contribution < 1.29 is 4.39 Å². The molecule has 0 amide bonds. The van der Waals surface area contributed by atoms with Gasteiger partial charge in [0.1, 0.15) is 5.82 Å². The first-order valence-corrected chi connectivity index (χ1v) is 7.36. The zero-order valence-corrected chi connectivity index (χ0v) is 12.4. The van der Waals surface area contributed by atoms with Crippen LogP contribution in [0.4, 0.5) is 10.1 Å². The molecule has 0 heterocycles. The molecule has 2 heteroatoms. The monoisotopic (exact) mass is 261 g/mol. The number of rotatable bonds is 2. The molecule has 0 aliphatic heterocycles. The zero-order chi connectivity index (χ0) is 13.8. The van der Waals surface area contributed by atoms with Gasteiger partial charge in [-0.1, -0.05) is 26.8 Å². The summed E-state index contributed by atoms with van der Waals surface area (Å²) in [4.78, 5) is 0. The van der Waals surface area contributed by atoms with Crippen molar-refractivity contribution in [1.82, 2.24) is 0 Å². The van der Waals surface area contributed by atoms with Crippen LogP contribution in [-0.4, -0.2) is 6.04 Å². The van der Waals surface area contributed by atoms with Gasteiger partial charge >= 0.3 is 0 Å². The van der Waals surface area contributed by atoms with Crippen LogP contribution >= 0.6 is 0 Å². The van der Waals surface area contributed by atoms with Crippen molar-refractivity contribution in [1.29, 1.82) is 0 Å². The first-order valence-electron chi connectivity index (χ1n) is 7.36. The molecule has 0 spiro atoms. The summed E-state index contributed by atoms with van der Waals surface area (Å²) in [6.07, 6.45) is 3.88. The van der Waals surface area contributed by atoms with Gasteiger partial charge in [-0.15, -0.1) is 0 Å². The second-order valence-corrected chi connectivity index (χ2v) is 7.48. The highest BCUT2D eigenvalue weighted by Crippen LogP contribution is 2.63. The SMILES string of the molecule is Cc1ccc(NC2C(C)(C)[C@H]3CC[C@]2(C)C3)c(F)c1. The van der Waals surface area contributed by atoms with Crippen LogP contribution < -0.4 is 5.32 Å². The molecular weight excluding hydrogens is 237 g/mol. The smallest absolute Gasteiger partial charge is 0.146 e. The number of halogens is 1. The Morgan fingerprint density at radius 1 is 1.26 bits per heavy atom. The Morgan fingerprint density at radius 3 is 2.58 bits per heavy atom. The molecule has 2 bridgehead atoms. The van der Waals surface area contributed by atoms with Crippen molar-refractivity contribution in [2.75, 3.05) is 5.32 Å². The largest absolute Gasteiger partial charge is 0.379 e. The molecule has 0 saturated heterocycles. The van der Waals surface area contributed by atoms with E-state index in [0.717, 1.165) is 11.5 Å². The van der Waals surface area contributed by atoms with Gasteiger partial charge in [0, 0.05) is 6.04 Å². The highest BCUT2D eigenvalue weighted by Gasteiger charge is 2.59. The summed E-state index contributed by atoms with van der Waals surface area (Å²) < 4.78 is 14.1. The average Bonchev–Trinajstić information content (AvgIpc) is 2.78. The summed E-state index contributed by atoms with van der Waals surface area (Å²) in [5.74, 6) is 0.658. The van der Waals surface area contributed by atoms with E-state index < -0.39 is 0 Å². The highest BCUT2D eigenvalue weighted by molar-refractivity contribution is 5.48. The molecule has 3 rings (SSSR count). The summed E-state index contributed by atoms with van der Waals surface area (Å²) >= 11 is 0. The molecule has 1 unspecified atom stereocenters. The standard InChI is InChI=1S/C17H24FN/c1-11-5-6-14(13(18)9-11)19-15-16(2,3)12-7-8-17(15,4)10-12/h5-6,9,12,15,19H,7-8,10H2,1-4H3/t12-,15?,17+/m0/s1. The van der Waals surface area contributed by atoms with Gasteiger partial charge in [-0.3, -0.25) is 0 Å². The van der Waals surface area contributed by atoms with E-state index in [1.54, 1.807) is 6.07 Å². The first-order chi connectivity index (χ1) is 8.83. The van der Waals surface area contributed by atoms with Crippen molar-refractivity contribution >= 4 is 5.69 Å². The van der Waals surface area contributed by atoms with Crippen LogP contribution in [0.5, 0.6) is 0 Å². The topological polar surface area (TPSA) is 12.0 Å². The van der Waals surface area contributed by atoms with Crippen LogP contribution in [0.15, 0.2) is 18.2 Å². The van der Waals surface area contributed by atoms with E-state index in [1.807, 2.05) is 19.1 Å². The number of hydrogen-bond donors (Lipinski definition) is 1. The fourth-order valence-electron chi connectivity index (χ4n) is 4.55. The van der Waals surface area contributed by atoms with E-state index in [0.29, 0.717) is 17.1 Å². The quantitative estimate of drug-likeness (QED) is 0.809. The van der Waals surface area contributed by atoms with Gasteiger partial charge in [-0.25, -0.2) is 4.39 Å². The minimum Gasteiger partial charge on any atom is -0.379 e. The van der Waals surface area contributed by atoms with Gasteiger partial charge in [-0.2, -0.15) is 0 Å². The van der Waals surface area contributed by atoms with Crippen molar-refractivity contribution in [2.45, 2.75) is 53.0 Å². The Labute approximate surface area is 115 Å². The molecule has 1 aromatic carbocycles. The lowest BCUT2D eigenvalue weighted by Gasteiger charge is -2.43. The lowest BCUT2D eigenvalue weighted by atomic mass is 9.68. The van der Waals surface area contributed by atoms with E-state index in [4.69, 9.17) is 0 Å². The molecule has 2 aliphatic rings. The molecule has 104 valence electrons. The van der Waals surface area contributed by atoms with Crippen LogP contribution in [-0.2, 0) is 0 Å². The van der Waals surface area contributed by atoms with E-state index in [1.165, 1.54) is 19.3 Å². The molecule has 2 fully saturated rings. The molecule has 2 saturated carbocycles. The Morgan fingerprint density at radius 2 is 2.00 bits per heavy atom. The maximum atomic E-state index is 14.1. The third kappa shape index (κ3) is 1.87. The molecule has 1 aromatic rings. The van der Waals surface area contributed by atoms with Gasteiger partial charge in [0.05, 0.1) is 5.69 Å².